The van der Waals surface area contributed by atoms with Gasteiger partial charge in [0.1, 0.15) is 0 Å². The summed E-state index contributed by atoms with van der Waals surface area (Å²) in [7, 11) is 0. The second kappa shape index (κ2) is 7.36. The molecule has 3 heterocycles. The molecular weight excluding hydrogens is 352 g/mol. The van der Waals surface area contributed by atoms with E-state index in [1.54, 1.807) is 0 Å². The standard InChI is InChI=1S/C22H26N4O2/c27-22-23-8-11-26(22)21-3-1-2-20(13-21)25-9-6-18(7-10-25)24-19-5-4-16-14-28-15-17(16)12-19/h1-5,12-13,18,24H,6-11,14-15H2,(H,23,27). The highest BCUT2D eigenvalue weighted by atomic mass is 16.5. The van der Waals surface area contributed by atoms with Gasteiger partial charge in [0.05, 0.1) is 13.2 Å². The number of amides is 2. The van der Waals surface area contributed by atoms with Crippen LogP contribution in [0.1, 0.15) is 24.0 Å². The van der Waals surface area contributed by atoms with Crippen LogP contribution < -0.4 is 20.4 Å². The van der Waals surface area contributed by atoms with Crippen LogP contribution in [0.2, 0.25) is 0 Å². The fourth-order valence-corrected chi connectivity index (χ4v) is 4.36. The number of carbonyl (C=O) groups is 1. The number of ether oxygens (including phenoxy) is 1. The Kier molecular flexibility index (Phi) is 4.56. The first-order chi connectivity index (χ1) is 13.8. The molecule has 0 spiro atoms. The lowest BCUT2D eigenvalue weighted by atomic mass is 10.0. The maximum absolute atomic E-state index is 11.9. The zero-order valence-electron chi connectivity index (χ0n) is 16.0. The van der Waals surface area contributed by atoms with Crippen LogP contribution in [0.25, 0.3) is 0 Å². The van der Waals surface area contributed by atoms with E-state index in [2.05, 4.69) is 45.9 Å². The van der Waals surface area contributed by atoms with Gasteiger partial charge in [-0.05, 0) is 54.3 Å². The van der Waals surface area contributed by atoms with Gasteiger partial charge >= 0.3 is 6.03 Å². The molecule has 6 nitrogen and oxygen atoms in total. The molecule has 0 radical (unpaired) electrons. The summed E-state index contributed by atoms with van der Waals surface area (Å²) in [4.78, 5) is 16.2. The monoisotopic (exact) mass is 378 g/mol. The van der Waals surface area contributed by atoms with E-state index in [4.69, 9.17) is 4.74 Å². The molecule has 0 atom stereocenters. The summed E-state index contributed by atoms with van der Waals surface area (Å²) in [6.45, 7) is 4.96. The molecule has 3 aliphatic rings. The molecule has 2 fully saturated rings. The summed E-state index contributed by atoms with van der Waals surface area (Å²) in [6, 6.07) is 15.4. The van der Waals surface area contributed by atoms with Crippen molar-refractivity contribution in [1.29, 1.82) is 0 Å². The normalized spacial score (nSPS) is 19.6. The van der Waals surface area contributed by atoms with Gasteiger partial charge in [-0.25, -0.2) is 4.79 Å². The van der Waals surface area contributed by atoms with Crippen molar-refractivity contribution in [2.24, 2.45) is 0 Å². The highest BCUT2D eigenvalue weighted by molar-refractivity contribution is 5.94. The molecule has 2 aromatic rings. The van der Waals surface area contributed by atoms with Crippen molar-refractivity contribution in [1.82, 2.24) is 5.32 Å². The number of carbonyl (C=O) groups excluding carboxylic acids is 1. The van der Waals surface area contributed by atoms with Gasteiger partial charge in [-0.15, -0.1) is 0 Å². The minimum Gasteiger partial charge on any atom is -0.382 e. The Bertz CT molecular complexity index is 877. The zero-order chi connectivity index (χ0) is 18.9. The number of benzene rings is 2. The van der Waals surface area contributed by atoms with E-state index >= 15 is 0 Å². The van der Waals surface area contributed by atoms with E-state index in [1.165, 1.54) is 22.5 Å². The Morgan fingerprint density at radius 3 is 2.61 bits per heavy atom. The van der Waals surface area contributed by atoms with Crippen LogP contribution in [0, 0.1) is 0 Å². The summed E-state index contributed by atoms with van der Waals surface area (Å²) in [5, 5.41) is 6.57. The van der Waals surface area contributed by atoms with Crippen molar-refractivity contribution >= 4 is 23.1 Å². The first-order valence-electron chi connectivity index (χ1n) is 10.1. The quantitative estimate of drug-likeness (QED) is 0.857. The van der Waals surface area contributed by atoms with Crippen LogP contribution in [0.5, 0.6) is 0 Å². The van der Waals surface area contributed by atoms with E-state index in [-0.39, 0.29) is 6.03 Å². The van der Waals surface area contributed by atoms with Gasteiger partial charge in [0, 0.05) is 49.3 Å². The molecule has 5 rings (SSSR count). The minimum atomic E-state index is -0.000181. The van der Waals surface area contributed by atoms with Gasteiger partial charge in [0.15, 0.2) is 0 Å². The molecule has 2 aromatic carbocycles. The van der Waals surface area contributed by atoms with Crippen LogP contribution in [0.15, 0.2) is 42.5 Å². The second-order valence-electron chi connectivity index (χ2n) is 7.79. The Hall–Kier alpha value is -2.73. The molecule has 146 valence electrons. The molecule has 28 heavy (non-hydrogen) atoms. The highest BCUT2D eigenvalue weighted by Gasteiger charge is 2.23. The summed E-state index contributed by atoms with van der Waals surface area (Å²) >= 11 is 0. The number of piperidine rings is 1. The maximum atomic E-state index is 11.9. The molecule has 0 aromatic heterocycles. The first-order valence-corrected chi connectivity index (χ1v) is 10.1. The average Bonchev–Trinajstić information content (AvgIpc) is 3.37. The van der Waals surface area contributed by atoms with Gasteiger partial charge in [0.2, 0.25) is 0 Å². The SMILES string of the molecule is O=C1NCCN1c1cccc(N2CCC(Nc3ccc4c(c3)COC4)CC2)c1. The molecule has 6 heteroatoms. The zero-order valence-corrected chi connectivity index (χ0v) is 16.0. The fraction of sp³-hybridized carbons (Fsp3) is 0.409. The molecule has 2 amide bonds. The molecular formula is C22H26N4O2. The molecule has 0 aliphatic carbocycles. The molecule has 0 saturated carbocycles. The number of anilines is 3. The predicted molar refractivity (Wildman–Crippen MR) is 111 cm³/mol. The van der Waals surface area contributed by atoms with Crippen molar-refractivity contribution in [2.45, 2.75) is 32.1 Å². The van der Waals surface area contributed by atoms with E-state index in [0.717, 1.165) is 57.9 Å². The molecule has 0 unspecified atom stereocenters. The third-order valence-electron chi connectivity index (χ3n) is 5.95. The molecule has 2 saturated heterocycles. The Balaban J connectivity index is 1.21. The number of nitrogens with zero attached hydrogens (tertiary/aromatic N) is 2. The van der Waals surface area contributed by atoms with E-state index in [9.17, 15) is 4.79 Å². The van der Waals surface area contributed by atoms with Gasteiger partial charge < -0.3 is 20.3 Å². The topological polar surface area (TPSA) is 56.8 Å². The van der Waals surface area contributed by atoms with Gasteiger partial charge in [-0.2, -0.15) is 0 Å². The Morgan fingerprint density at radius 2 is 1.79 bits per heavy atom. The van der Waals surface area contributed by atoms with Crippen molar-refractivity contribution in [3.8, 4) is 0 Å². The highest BCUT2D eigenvalue weighted by Crippen LogP contribution is 2.28. The average molecular weight is 378 g/mol. The molecule has 3 aliphatic heterocycles. The number of hydrogen-bond acceptors (Lipinski definition) is 4. The van der Waals surface area contributed by atoms with Crippen LogP contribution in [-0.2, 0) is 18.0 Å². The number of nitrogens with one attached hydrogen (secondary N) is 2. The number of urea groups is 1. The Labute approximate surface area is 165 Å². The van der Waals surface area contributed by atoms with Gasteiger partial charge in [0.25, 0.3) is 0 Å². The first kappa shape index (κ1) is 17.4. The van der Waals surface area contributed by atoms with Crippen molar-refractivity contribution in [3.63, 3.8) is 0 Å². The van der Waals surface area contributed by atoms with E-state index in [0.29, 0.717) is 6.04 Å². The van der Waals surface area contributed by atoms with Crippen LogP contribution in [-0.4, -0.2) is 38.3 Å². The summed E-state index contributed by atoms with van der Waals surface area (Å²) in [5.74, 6) is 0. The number of rotatable bonds is 4. The lowest BCUT2D eigenvalue weighted by Crippen LogP contribution is -2.39. The van der Waals surface area contributed by atoms with Crippen LogP contribution in [0.3, 0.4) is 0 Å². The van der Waals surface area contributed by atoms with E-state index in [1.807, 2.05) is 17.0 Å². The number of fused-ring (bicyclic) bond motifs is 1. The second-order valence-corrected chi connectivity index (χ2v) is 7.79. The third kappa shape index (κ3) is 3.40. The number of hydrogen-bond donors (Lipinski definition) is 2. The van der Waals surface area contributed by atoms with E-state index < -0.39 is 0 Å². The maximum Gasteiger partial charge on any atom is 0.321 e. The fourth-order valence-electron chi connectivity index (χ4n) is 4.36. The third-order valence-corrected chi connectivity index (χ3v) is 5.95. The van der Waals surface area contributed by atoms with Crippen molar-refractivity contribution in [2.75, 3.05) is 41.3 Å². The summed E-state index contributed by atoms with van der Waals surface area (Å²) < 4.78 is 5.51. The lowest BCUT2D eigenvalue weighted by molar-refractivity contribution is 0.134. The van der Waals surface area contributed by atoms with Crippen LogP contribution >= 0.6 is 0 Å². The lowest BCUT2D eigenvalue weighted by Gasteiger charge is -2.35. The molecule has 2 N–H and O–H groups in total. The van der Waals surface area contributed by atoms with Crippen LogP contribution in [0.4, 0.5) is 21.9 Å². The van der Waals surface area contributed by atoms with Crippen molar-refractivity contribution < 1.29 is 9.53 Å². The van der Waals surface area contributed by atoms with Gasteiger partial charge in [-0.3, -0.25) is 4.90 Å². The smallest absolute Gasteiger partial charge is 0.321 e. The largest absolute Gasteiger partial charge is 0.382 e. The Morgan fingerprint density at radius 1 is 0.964 bits per heavy atom. The van der Waals surface area contributed by atoms with Crippen molar-refractivity contribution in [3.05, 3.63) is 53.6 Å². The minimum absolute atomic E-state index is 0.000181. The van der Waals surface area contributed by atoms with Gasteiger partial charge in [-0.1, -0.05) is 12.1 Å². The predicted octanol–water partition coefficient (Wildman–Crippen LogP) is 3.33. The summed E-state index contributed by atoms with van der Waals surface area (Å²) in [5.41, 5.74) is 6.00. The molecule has 0 bridgehead atoms. The summed E-state index contributed by atoms with van der Waals surface area (Å²) in [6.07, 6.45) is 2.20.